The van der Waals surface area contributed by atoms with Crippen LogP contribution in [0.3, 0.4) is 0 Å². The van der Waals surface area contributed by atoms with Crippen molar-refractivity contribution in [1.82, 2.24) is 0 Å². The second kappa shape index (κ2) is 9.90. The van der Waals surface area contributed by atoms with E-state index in [0.29, 0.717) is 11.5 Å². The number of aliphatic hydroxyl groups is 2. The zero-order valence-electron chi connectivity index (χ0n) is 20.2. The van der Waals surface area contributed by atoms with Gasteiger partial charge in [-0.15, -0.1) is 0 Å². The standard InChI is InChI=1S/C34H26O3/c35-33(25-11-3-1-4-12-25)27-19-7-15-23-17-9-21-29(31(23)27)37-30-22-10-18-24-16-8-20-28(32(24)30)34(36)26-13-5-2-6-14-26/h1-22,33-36H. The summed E-state index contributed by atoms with van der Waals surface area (Å²) in [4.78, 5) is 0. The molecule has 6 rings (SSSR count). The third kappa shape index (κ3) is 4.36. The van der Waals surface area contributed by atoms with Gasteiger partial charge in [0.25, 0.3) is 0 Å². The molecule has 37 heavy (non-hydrogen) atoms. The highest BCUT2D eigenvalue weighted by Crippen LogP contribution is 2.41. The SMILES string of the molecule is OC(c1ccccc1)c1cccc2cccc(Oc3cccc4cccc(C(O)c5ccccc5)c34)c12. The number of fused-ring (bicyclic) bond motifs is 2. The molecular weight excluding hydrogens is 456 g/mol. The summed E-state index contributed by atoms with van der Waals surface area (Å²) in [5.74, 6) is 1.30. The molecule has 3 nitrogen and oxygen atoms in total. The Balaban J connectivity index is 1.50. The molecule has 180 valence electrons. The average molecular weight is 483 g/mol. The minimum Gasteiger partial charge on any atom is -0.456 e. The highest BCUT2D eigenvalue weighted by atomic mass is 16.5. The molecule has 0 heterocycles. The van der Waals surface area contributed by atoms with Crippen molar-refractivity contribution < 1.29 is 14.9 Å². The Morgan fingerprint density at radius 1 is 0.405 bits per heavy atom. The molecule has 0 aliphatic carbocycles. The van der Waals surface area contributed by atoms with Gasteiger partial charge in [0, 0.05) is 10.8 Å². The Morgan fingerprint density at radius 2 is 0.784 bits per heavy atom. The second-order valence-corrected chi connectivity index (χ2v) is 9.13. The van der Waals surface area contributed by atoms with Crippen LogP contribution in [0.25, 0.3) is 21.5 Å². The molecule has 0 amide bonds. The largest absolute Gasteiger partial charge is 0.456 e. The highest BCUT2D eigenvalue weighted by molar-refractivity contribution is 5.95. The first-order chi connectivity index (χ1) is 18.2. The van der Waals surface area contributed by atoms with Gasteiger partial charge in [-0.1, -0.05) is 121 Å². The van der Waals surface area contributed by atoms with E-state index < -0.39 is 12.2 Å². The maximum atomic E-state index is 11.3. The van der Waals surface area contributed by atoms with E-state index in [4.69, 9.17) is 4.74 Å². The van der Waals surface area contributed by atoms with Crippen molar-refractivity contribution in [3.63, 3.8) is 0 Å². The van der Waals surface area contributed by atoms with Gasteiger partial charge in [-0.05, 0) is 45.2 Å². The van der Waals surface area contributed by atoms with Crippen molar-refractivity contribution in [3.8, 4) is 11.5 Å². The summed E-state index contributed by atoms with van der Waals surface area (Å²) in [7, 11) is 0. The van der Waals surface area contributed by atoms with Crippen molar-refractivity contribution >= 4 is 21.5 Å². The van der Waals surface area contributed by atoms with Crippen molar-refractivity contribution in [2.45, 2.75) is 12.2 Å². The zero-order valence-corrected chi connectivity index (χ0v) is 20.2. The van der Waals surface area contributed by atoms with Crippen molar-refractivity contribution in [2.75, 3.05) is 0 Å². The number of hydrogen-bond donors (Lipinski definition) is 2. The predicted octanol–water partition coefficient (Wildman–Crippen LogP) is 7.95. The third-order valence-corrected chi connectivity index (χ3v) is 6.84. The molecule has 0 aliphatic heterocycles. The zero-order chi connectivity index (χ0) is 25.2. The summed E-state index contributed by atoms with van der Waals surface area (Å²) in [6.45, 7) is 0. The topological polar surface area (TPSA) is 49.7 Å². The minimum atomic E-state index is -0.794. The normalized spacial score (nSPS) is 12.9. The lowest BCUT2D eigenvalue weighted by atomic mass is 9.94. The van der Waals surface area contributed by atoms with Gasteiger partial charge < -0.3 is 14.9 Å². The van der Waals surface area contributed by atoms with E-state index in [-0.39, 0.29) is 0 Å². The maximum Gasteiger partial charge on any atom is 0.135 e. The fourth-order valence-corrected chi connectivity index (χ4v) is 5.04. The fourth-order valence-electron chi connectivity index (χ4n) is 5.04. The monoisotopic (exact) mass is 482 g/mol. The molecule has 3 heteroatoms. The van der Waals surface area contributed by atoms with Crippen LogP contribution in [0.5, 0.6) is 11.5 Å². The molecule has 6 aromatic rings. The molecule has 6 aromatic carbocycles. The van der Waals surface area contributed by atoms with E-state index in [2.05, 4.69) is 0 Å². The van der Waals surface area contributed by atoms with Crippen LogP contribution in [0.4, 0.5) is 0 Å². The lowest BCUT2D eigenvalue weighted by Gasteiger charge is -2.19. The van der Waals surface area contributed by atoms with Gasteiger partial charge in [0.05, 0.1) is 0 Å². The van der Waals surface area contributed by atoms with Gasteiger partial charge in [-0.25, -0.2) is 0 Å². The highest BCUT2D eigenvalue weighted by Gasteiger charge is 2.19. The first-order valence-electron chi connectivity index (χ1n) is 12.4. The molecule has 2 N–H and O–H groups in total. The first kappa shape index (κ1) is 23.0. The summed E-state index contributed by atoms with van der Waals surface area (Å²) in [6.07, 6.45) is -1.59. The van der Waals surface area contributed by atoms with Gasteiger partial charge >= 0.3 is 0 Å². The number of benzene rings is 6. The summed E-state index contributed by atoms with van der Waals surface area (Å²) in [5, 5.41) is 26.3. The summed E-state index contributed by atoms with van der Waals surface area (Å²) in [6, 6.07) is 43.0. The Labute approximate surface area is 215 Å². The number of ether oxygens (including phenoxy) is 1. The van der Waals surface area contributed by atoms with Crippen LogP contribution in [-0.4, -0.2) is 10.2 Å². The number of hydrogen-bond acceptors (Lipinski definition) is 3. The molecule has 0 spiro atoms. The molecule has 0 bridgehead atoms. The molecule has 0 saturated carbocycles. The summed E-state index contributed by atoms with van der Waals surface area (Å²) < 4.78 is 6.64. The van der Waals surface area contributed by atoms with Gasteiger partial charge in [0.2, 0.25) is 0 Å². The van der Waals surface area contributed by atoms with Gasteiger partial charge in [-0.3, -0.25) is 0 Å². The van der Waals surface area contributed by atoms with Crippen LogP contribution in [0.1, 0.15) is 34.5 Å². The Kier molecular flexibility index (Phi) is 6.15. The lowest BCUT2D eigenvalue weighted by molar-refractivity contribution is 0.221. The minimum absolute atomic E-state index is 0.652. The van der Waals surface area contributed by atoms with E-state index in [1.54, 1.807) is 0 Å². The van der Waals surface area contributed by atoms with Crippen LogP contribution in [-0.2, 0) is 0 Å². The van der Waals surface area contributed by atoms with Crippen molar-refractivity contribution in [1.29, 1.82) is 0 Å². The molecular formula is C34H26O3. The molecule has 0 saturated heterocycles. The smallest absolute Gasteiger partial charge is 0.135 e. The molecule has 0 radical (unpaired) electrons. The quantitative estimate of drug-likeness (QED) is 0.253. The molecule has 0 aromatic heterocycles. The molecule has 2 unspecified atom stereocenters. The molecule has 2 atom stereocenters. The van der Waals surface area contributed by atoms with E-state index >= 15 is 0 Å². The summed E-state index contributed by atoms with van der Waals surface area (Å²) >= 11 is 0. The Bertz CT molecular complexity index is 1540. The van der Waals surface area contributed by atoms with Crippen molar-refractivity contribution in [2.24, 2.45) is 0 Å². The summed E-state index contributed by atoms with van der Waals surface area (Å²) in [5.41, 5.74) is 3.21. The van der Waals surface area contributed by atoms with Crippen LogP contribution in [0.2, 0.25) is 0 Å². The lowest BCUT2D eigenvalue weighted by Crippen LogP contribution is -2.02. The van der Waals surface area contributed by atoms with Crippen LogP contribution in [0.15, 0.2) is 133 Å². The van der Waals surface area contributed by atoms with Gasteiger partial charge in [0.1, 0.15) is 23.7 Å². The van der Waals surface area contributed by atoms with E-state index in [9.17, 15) is 10.2 Å². The third-order valence-electron chi connectivity index (χ3n) is 6.84. The van der Waals surface area contributed by atoms with Crippen molar-refractivity contribution in [3.05, 3.63) is 156 Å². The number of aliphatic hydroxyl groups excluding tert-OH is 2. The molecule has 0 aliphatic rings. The fraction of sp³-hybridized carbons (Fsp3) is 0.0588. The van der Waals surface area contributed by atoms with Crippen LogP contribution in [0, 0.1) is 0 Å². The van der Waals surface area contributed by atoms with Crippen LogP contribution >= 0.6 is 0 Å². The van der Waals surface area contributed by atoms with Gasteiger partial charge in [-0.2, -0.15) is 0 Å². The average Bonchev–Trinajstić information content (AvgIpc) is 2.97. The Morgan fingerprint density at radius 3 is 1.19 bits per heavy atom. The van der Waals surface area contributed by atoms with E-state index in [0.717, 1.165) is 43.8 Å². The number of rotatable bonds is 6. The van der Waals surface area contributed by atoms with Gasteiger partial charge in [0.15, 0.2) is 0 Å². The molecule has 0 fully saturated rings. The predicted molar refractivity (Wildman–Crippen MR) is 149 cm³/mol. The van der Waals surface area contributed by atoms with E-state index in [1.807, 2.05) is 133 Å². The first-order valence-corrected chi connectivity index (χ1v) is 12.4. The Hall–Kier alpha value is -4.44. The second-order valence-electron chi connectivity index (χ2n) is 9.13. The van der Waals surface area contributed by atoms with Crippen LogP contribution < -0.4 is 4.74 Å². The van der Waals surface area contributed by atoms with E-state index in [1.165, 1.54) is 0 Å². The maximum absolute atomic E-state index is 11.3.